The van der Waals surface area contributed by atoms with Crippen LogP contribution in [0, 0.1) is 12.7 Å². The standard InChI is InChI=1S/C22H20ClFN4O/c1-13(25-10-9-15-12-26-20-8-3-16(23)11-19(15)20)21-14(2)27-28(22(21)29)18-6-4-17(24)5-7-18/h3-8,11-12,26-27H,9-10H2,1-2H3. The highest BCUT2D eigenvalue weighted by molar-refractivity contribution is 6.31. The van der Waals surface area contributed by atoms with E-state index in [2.05, 4.69) is 15.1 Å². The number of aromatic nitrogens is 3. The number of aryl methyl sites for hydroxylation is 1. The first-order chi connectivity index (χ1) is 13.9. The van der Waals surface area contributed by atoms with Gasteiger partial charge in [-0.1, -0.05) is 11.6 Å². The number of H-pyrrole nitrogens is 2. The lowest BCUT2D eigenvalue weighted by Crippen LogP contribution is -2.20. The molecule has 0 atom stereocenters. The normalized spacial score (nSPS) is 12.1. The number of hydrogen-bond donors (Lipinski definition) is 2. The van der Waals surface area contributed by atoms with E-state index in [1.54, 1.807) is 12.1 Å². The first kappa shape index (κ1) is 19.2. The van der Waals surface area contributed by atoms with Crippen LogP contribution in [0.15, 0.2) is 58.4 Å². The molecule has 2 aromatic carbocycles. The van der Waals surface area contributed by atoms with E-state index in [1.807, 2.05) is 38.2 Å². The van der Waals surface area contributed by atoms with Crippen molar-refractivity contribution >= 4 is 28.2 Å². The molecule has 7 heteroatoms. The van der Waals surface area contributed by atoms with Crippen molar-refractivity contribution in [1.82, 2.24) is 14.8 Å². The summed E-state index contributed by atoms with van der Waals surface area (Å²) in [6.07, 6.45) is 2.70. The fourth-order valence-electron chi connectivity index (χ4n) is 3.53. The molecule has 0 aliphatic rings. The molecule has 0 amide bonds. The Labute approximate surface area is 171 Å². The maximum Gasteiger partial charge on any atom is 0.280 e. The number of halogens is 2. The second-order valence-electron chi connectivity index (χ2n) is 6.95. The summed E-state index contributed by atoms with van der Waals surface area (Å²) >= 11 is 6.11. The Balaban J connectivity index is 1.57. The Hall–Kier alpha value is -3.12. The van der Waals surface area contributed by atoms with Gasteiger partial charge in [-0.3, -0.25) is 14.9 Å². The molecule has 2 N–H and O–H groups in total. The van der Waals surface area contributed by atoms with Crippen molar-refractivity contribution < 1.29 is 4.39 Å². The molecule has 4 aromatic rings. The molecule has 0 radical (unpaired) electrons. The fraction of sp³-hybridized carbons (Fsp3) is 0.182. The number of aromatic amines is 2. The van der Waals surface area contributed by atoms with Crippen LogP contribution < -0.4 is 5.56 Å². The molecular formula is C22H20ClFN4O. The number of rotatable bonds is 5. The van der Waals surface area contributed by atoms with Crippen LogP contribution in [0.2, 0.25) is 5.02 Å². The topological polar surface area (TPSA) is 65.9 Å². The summed E-state index contributed by atoms with van der Waals surface area (Å²) in [4.78, 5) is 20.7. The molecule has 29 heavy (non-hydrogen) atoms. The Morgan fingerprint density at radius 1 is 1.21 bits per heavy atom. The van der Waals surface area contributed by atoms with E-state index < -0.39 is 0 Å². The van der Waals surface area contributed by atoms with Crippen molar-refractivity contribution in [2.75, 3.05) is 6.54 Å². The van der Waals surface area contributed by atoms with Gasteiger partial charge in [0.2, 0.25) is 0 Å². The van der Waals surface area contributed by atoms with Crippen LogP contribution in [0.1, 0.15) is 23.7 Å². The highest BCUT2D eigenvalue weighted by atomic mass is 35.5. The zero-order chi connectivity index (χ0) is 20.5. The molecule has 2 heterocycles. The number of nitrogens with zero attached hydrogens (tertiary/aromatic N) is 2. The summed E-state index contributed by atoms with van der Waals surface area (Å²) in [6, 6.07) is 11.5. The van der Waals surface area contributed by atoms with Gasteiger partial charge in [-0.05, 0) is 68.3 Å². The van der Waals surface area contributed by atoms with Crippen LogP contribution in [0.3, 0.4) is 0 Å². The van der Waals surface area contributed by atoms with Gasteiger partial charge in [-0.15, -0.1) is 0 Å². The maximum atomic E-state index is 13.2. The van der Waals surface area contributed by atoms with Gasteiger partial charge in [0.15, 0.2) is 0 Å². The Morgan fingerprint density at radius 3 is 2.72 bits per heavy atom. The van der Waals surface area contributed by atoms with Gasteiger partial charge >= 0.3 is 0 Å². The fourth-order valence-corrected chi connectivity index (χ4v) is 3.70. The quantitative estimate of drug-likeness (QED) is 0.456. The average molecular weight is 411 g/mol. The molecule has 0 bridgehead atoms. The van der Waals surface area contributed by atoms with E-state index in [-0.39, 0.29) is 11.4 Å². The molecule has 0 fully saturated rings. The van der Waals surface area contributed by atoms with Gasteiger partial charge in [0.1, 0.15) is 5.82 Å². The van der Waals surface area contributed by atoms with Crippen molar-refractivity contribution in [2.24, 2.45) is 4.99 Å². The molecule has 0 aliphatic carbocycles. The van der Waals surface area contributed by atoms with Crippen molar-refractivity contribution in [2.45, 2.75) is 20.3 Å². The highest BCUT2D eigenvalue weighted by Gasteiger charge is 2.15. The Bertz CT molecular complexity index is 1260. The van der Waals surface area contributed by atoms with E-state index in [9.17, 15) is 9.18 Å². The number of aliphatic imine (C=N–C) groups is 1. The van der Waals surface area contributed by atoms with Gasteiger partial charge in [-0.2, -0.15) is 0 Å². The minimum atomic E-state index is -0.346. The zero-order valence-corrected chi connectivity index (χ0v) is 16.8. The highest BCUT2D eigenvalue weighted by Crippen LogP contribution is 2.22. The van der Waals surface area contributed by atoms with Crippen LogP contribution in [0.25, 0.3) is 16.6 Å². The van der Waals surface area contributed by atoms with Crippen LogP contribution in [-0.4, -0.2) is 27.0 Å². The van der Waals surface area contributed by atoms with Gasteiger partial charge in [0.05, 0.1) is 11.3 Å². The van der Waals surface area contributed by atoms with Crippen LogP contribution in [0.4, 0.5) is 4.39 Å². The molecule has 0 unspecified atom stereocenters. The molecule has 148 valence electrons. The molecule has 0 spiro atoms. The Kier molecular flexibility index (Phi) is 5.11. The van der Waals surface area contributed by atoms with E-state index >= 15 is 0 Å². The maximum absolute atomic E-state index is 13.2. The summed E-state index contributed by atoms with van der Waals surface area (Å²) < 4.78 is 14.6. The van der Waals surface area contributed by atoms with E-state index in [1.165, 1.54) is 16.8 Å². The average Bonchev–Trinajstić information content (AvgIpc) is 3.22. The predicted octanol–water partition coefficient (Wildman–Crippen LogP) is 4.80. The molecule has 0 aliphatic heterocycles. The second kappa shape index (κ2) is 7.72. The largest absolute Gasteiger partial charge is 0.361 e. The SMILES string of the molecule is CC(=NCCc1c[nH]c2ccc(Cl)cc12)c1c(C)[nH]n(-c2ccc(F)cc2)c1=O. The minimum Gasteiger partial charge on any atom is -0.361 e. The number of fused-ring (bicyclic) bond motifs is 1. The summed E-state index contributed by atoms with van der Waals surface area (Å²) in [5.41, 5.74) is 4.48. The third kappa shape index (κ3) is 3.76. The molecule has 0 saturated heterocycles. The van der Waals surface area contributed by atoms with E-state index in [0.29, 0.717) is 28.5 Å². The monoisotopic (exact) mass is 410 g/mol. The number of hydrogen-bond acceptors (Lipinski definition) is 2. The van der Waals surface area contributed by atoms with E-state index in [0.717, 1.165) is 28.6 Å². The molecule has 0 saturated carbocycles. The first-order valence-electron chi connectivity index (χ1n) is 9.28. The number of benzene rings is 2. The Morgan fingerprint density at radius 2 is 1.97 bits per heavy atom. The second-order valence-corrected chi connectivity index (χ2v) is 7.39. The summed E-state index contributed by atoms with van der Waals surface area (Å²) in [5.74, 6) is -0.346. The van der Waals surface area contributed by atoms with E-state index in [4.69, 9.17) is 11.6 Å². The smallest absolute Gasteiger partial charge is 0.280 e. The number of nitrogens with one attached hydrogen (secondary N) is 2. The van der Waals surface area contributed by atoms with Crippen LogP contribution >= 0.6 is 11.6 Å². The van der Waals surface area contributed by atoms with Crippen molar-refractivity contribution in [1.29, 1.82) is 0 Å². The minimum absolute atomic E-state index is 0.200. The molecular weight excluding hydrogens is 391 g/mol. The lowest BCUT2D eigenvalue weighted by molar-refractivity contribution is 0.627. The summed E-state index contributed by atoms with van der Waals surface area (Å²) in [7, 11) is 0. The van der Waals surface area contributed by atoms with Crippen molar-refractivity contribution in [3.63, 3.8) is 0 Å². The third-order valence-corrected chi connectivity index (χ3v) is 5.21. The summed E-state index contributed by atoms with van der Waals surface area (Å²) in [6.45, 7) is 4.21. The first-order valence-corrected chi connectivity index (χ1v) is 9.66. The summed E-state index contributed by atoms with van der Waals surface area (Å²) in [5, 5.41) is 4.83. The lowest BCUT2D eigenvalue weighted by atomic mass is 10.1. The molecule has 5 nitrogen and oxygen atoms in total. The lowest BCUT2D eigenvalue weighted by Gasteiger charge is -2.01. The van der Waals surface area contributed by atoms with Crippen molar-refractivity contribution in [3.05, 3.63) is 86.7 Å². The van der Waals surface area contributed by atoms with Gasteiger partial charge in [0.25, 0.3) is 5.56 Å². The van der Waals surface area contributed by atoms with Crippen LogP contribution in [0.5, 0.6) is 0 Å². The van der Waals surface area contributed by atoms with Gasteiger partial charge in [0, 0.05) is 40.1 Å². The predicted molar refractivity (Wildman–Crippen MR) is 115 cm³/mol. The molecule has 2 aromatic heterocycles. The molecule has 4 rings (SSSR count). The van der Waals surface area contributed by atoms with Gasteiger partial charge < -0.3 is 4.98 Å². The third-order valence-electron chi connectivity index (χ3n) is 4.98. The van der Waals surface area contributed by atoms with Crippen molar-refractivity contribution in [3.8, 4) is 5.69 Å². The zero-order valence-electron chi connectivity index (χ0n) is 16.1. The van der Waals surface area contributed by atoms with Crippen LogP contribution in [-0.2, 0) is 6.42 Å². The van der Waals surface area contributed by atoms with Gasteiger partial charge in [-0.25, -0.2) is 9.07 Å².